The third-order valence-corrected chi connectivity index (χ3v) is 12.8. The Kier molecular flexibility index (Phi) is 15.6. The van der Waals surface area contributed by atoms with E-state index in [9.17, 15) is 14.4 Å². The minimum Gasteiger partial charge on any atom is -0.664 e. The number of rotatable bonds is 16. The Labute approximate surface area is 372 Å². The van der Waals surface area contributed by atoms with Crippen molar-refractivity contribution in [1.29, 1.82) is 0 Å². The first kappa shape index (κ1) is 46.8. The number of aromatic nitrogens is 3. The van der Waals surface area contributed by atoms with Crippen LogP contribution in [0.15, 0.2) is 29.6 Å². The number of Topliss-reactive ketones (excluding diaryl/α,β-unsaturated/α-hetero) is 1. The number of methoxy groups -OCH3 is 1. The summed E-state index contributed by atoms with van der Waals surface area (Å²) in [5, 5.41) is 6.82. The molecule has 0 radical (unpaired) electrons. The Bertz CT molecular complexity index is 2350. The molecule has 4 atom stereocenters. The maximum absolute atomic E-state index is 14.3. The Morgan fingerprint density at radius 3 is 2.28 bits per heavy atom. The van der Waals surface area contributed by atoms with Crippen LogP contribution in [0.25, 0.3) is 35.2 Å². The molecule has 3 aliphatic rings. The summed E-state index contributed by atoms with van der Waals surface area (Å²) in [4.78, 5) is 56.4. The van der Waals surface area contributed by atoms with Gasteiger partial charge in [-0.3, -0.25) is 14.4 Å². The molecule has 6 rings (SSSR count). The predicted molar refractivity (Wildman–Crippen MR) is 242 cm³/mol. The Morgan fingerprint density at radius 1 is 0.900 bits per heavy atom. The largest absolute Gasteiger partial charge is 2.00 e. The molecule has 10 heteroatoms. The van der Waals surface area contributed by atoms with Gasteiger partial charge in [-0.05, 0) is 88.7 Å². The van der Waals surface area contributed by atoms with Crippen molar-refractivity contribution in [2.75, 3.05) is 13.7 Å². The van der Waals surface area contributed by atoms with Crippen LogP contribution in [-0.2, 0) is 25.5 Å². The van der Waals surface area contributed by atoms with Gasteiger partial charge in [0, 0.05) is 12.0 Å². The molecule has 1 fully saturated rings. The molecule has 3 aromatic rings. The SMILES string of the molecule is C=Cc1c2[n-]c(c1C)/C=C1\[N-]/C(=C3\c4[n-]c(c(C)c4C(=O)[C@@H]3C(=O)OC)/C=c3\[n-]/c(c(C)c3CC)=C\2)[C@@H](CCC(=O)OC/C=C(\C)CCC[C@H](C)CCCC(C)C)[C@@H]1C.[Mg+2]. The van der Waals surface area contributed by atoms with E-state index in [1.807, 2.05) is 44.2 Å². The van der Waals surface area contributed by atoms with Gasteiger partial charge in [0.2, 0.25) is 0 Å². The monoisotopic (exact) mass is 822 g/mol. The zero-order valence-electron chi connectivity index (χ0n) is 37.6. The van der Waals surface area contributed by atoms with Crippen molar-refractivity contribution in [2.45, 2.75) is 120 Å². The van der Waals surface area contributed by atoms with E-state index in [-0.39, 0.29) is 59.7 Å². The zero-order chi connectivity index (χ0) is 42.7. The van der Waals surface area contributed by atoms with Gasteiger partial charge in [0.25, 0.3) is 0 Å². The fraction of sp³-hybridized carbons (Fsp3) is 0.500. The van der Waals surface area contributed by atoms with Crippen LogP contribution in [0.1, 0.15) is 154 Å². The molecule has 9 nitrogen and oxygen atoms in total. The number of ketones is 1. The van der Waals surface area contributed by atoms with Crippen LogP contribution in [0.5, 0.6) is 0 Å². The van der Waals surface area contributed by atoms with Crippen LogP contribution in [-0.4, -0.2) is 54.5 Å². The van der Waals surface area contributed by atoms with Crippen molar-refractivity contribution >= 4 is 70.7 Å². The molecule has 1 aliphatic carbocycles. The molecule has 316 valence electrons. The van der Waals surface area contributed by atoms with Crippen molar-refractivity contribution in [2.24, 2.45) is 29.6 Å². The smallest absolute Gasteiger partial charge is 0.664 e. The summed E-state index contributed by atoms with van der Waals surface area (Å²) in [6.45, 7) is 23.5. The summed E-state index contributed by atoms with van der Waals surface area (Å²) >= 11 is 0. The van der Waals surface area contributed by atoms with Gasteiger partial charge < -0.3 is 29.7 Å². The van der Waals surface area contributed by atoms with Gasteiger partial charge in [-0.15, -0.1) is 33.5 Å². The van der Waals surface area contributed by atoms with Gasteiger partial charge in [-0.2, -0.15) is 11.4 Å². The molecule has 0 saturated carbocycles. The molecule has 8 bridgehead atoms. The summed E-state index contributed by atoms with van der Waals surface area (Å²) in [6.07, 6.45) is 18.2. The standard InChI is InChI=1S/C50H63N4O5.Mg/c1-12-34-30(7)37-24-39-32(9)36(20-21-43(55)59-23-22-29(6)19-15-18-28(5)17-14-16-27(3)4)47(53-39)45-46(50(57)58-11)49(56)44-33(10)40(54-48(44)45)26-42-35(13-2)31(8)38(52-42)25-41(34)51-37;/h12,22,24-28,32,36,46H,1,13-21,23H2,2-11H3,(H-,53,54,56);/q-3;+2/p-1/b29-22+,38-25-,39-24-,42-26-;/t28-,32+,36+,46-;/m1./s1. The summed E-state index contributed by atoms with van der Waals surface area (Å²) in [6, 6.07) is 0. The van der Waals surface area contributed by atoms with E-state index in [1.54, 1.807) is 0 Å². The van der Waals surface area contributed by atoms with Crippen LogP contribution in [0, 0.1) is 50.4 Å². The first-order valence-corrected chi connectivity index (χ1v) is 21.6. The van der Waals surface area contributed by atoms with Crippen LogP contribution < -0.4 is 25.7 Å². The van der Waals surface area contributed by atoms with Crippen LogP contribution >= 0.6 is 0 Å². The molecular weight excluding hydrogens is 761 g/mol. The molecular formula is C50H62MgN4O5-2. The first-order chi connectivity index (χ1) is 28.2. The van der Waals surface area contributed by atoms with Gasteiger partial charge in [0.15, 0.2) is 5.78 Å². The van der Waals surface area contributed by atoms with Gasteiger partial charge >= 0.3 is 35.0 Å². The molecule has 0 amide bonds. The average molecular weight is 823 g/mol. The summed E-state index contributed by atoms with van der Waals surface area (Å²) in [7, 11) is 1.29. The second-order valence-corrected chi connectivity index (χ2v) is 17.4. The molecule has 3 aromatic heterocycles. The number of fused-ring (bicyclic) bond motifs is 7. The minimum atomic E-state index is -1.22. The molecule has 0 spiro atoms. The summed E-state index contributed by atoms with van der Waals surface area (Å²) in [5.74, 6) is -1.56. The van der Waals surface area contributed by atoms with E-state index in [0.717, 1.165) is 81.1 Å². The van der Waals surface area contributed by atoms with Gasteiger partial charge in [0.1, 0.15) is 12.5 Å². The number of nitrogens with zero attached hydrogens (tertiary/aromatic N) is 4. The van der Waals surface area contributed by atoms with E-state index in [2.05, 4.69) is 55.0 Å². The molecule has 5 heterocycles. The molecule has 0 unspecified atom stereocenters. The van der Waals surface area contributed by atoms with Crippen LogP contribution in [0.2, 0.25) is 0 Å². The molecule has 2 aliphatic heterocycles. The summed E-state index contributed by atoms with van der Waals surface area (Å²) in [5.41, 5.74) is 10.7. The van der Waals surface area contributed by atoms with Crippen molar-refractivity contribution in [3.8, 4) is 0 Å². The third kappa shape index (κ3) is 9.60. The maximum atomic E-state index is 14.3. The van der Waals surface area contributed by atoms with E-state index < -0.39 is 11.9 Å². The van der Waals surface area contributed by atoms with Gasteiger partial charge in [-0.25, -0.2) is 0 Å². The Balaban J connectivity index is 0.00000683. The normalized spacial score (nSPS) is 21.9. The fourth-order valence-corrected chi connectivity index (χ4v) is 9.12. The molecule has 0 aromatic carbocycles. The van der Waals surface area contributed by atoms with Crippen molar-refractivity contribution in [1.82, 2.24) is 15.0 Å². The Morgan fingerprint density at radius 2 is 1.60 bits per heavy atom. The number of allylic oxidation sites excluding steroid dienone is 3. The molecule has 1 saturated heterocycles. The van der Waals surface area contributed by atoms with E-state index in [0.29, 0.717) is 40.2 Å². The topological polar surface area (TPSA) is 126 Å². The quantitative estimate of drug-likeness (QED) is 0.0609. The van der Waals surface area contributed by atoms with Gasteiger partial charge in [-0.1, -0.05) is 125 Å². The maximum Gasteiger partial charge on any atom is 2.00 e. The molecule has 0 N–H and O–H groups in total. The first-order valence-electron chi connectivity index (χ1n) is 21.6. The van der Waals surface area contributed by atoms with Gasteiger partial charge in [0.05, 0.1) is 7.11 Å². The Hall–Kier alpha value is -4.28. The van der Waals surface area contributed by atoms with Crippen molar-refractivity contribution < 1.29 is 23.9 Å². The number of hydrogen-bond donors (Lipinski definition) is 0. The van der Waals surface area contributed by atoms with Crippen molar-refractivity contribution in [3.05, 3.63) is 102 Å². The van der Waals surface area contributed by atoms with E-state index in [4.69, 9.17) is 29.7 Å². The number of esters is 2. The van der Waals surface area contributed by atoms with Crippen molar-refractivity contribution in [3.63, 3.8) is 0 Å². The fourth-order valence-electron chi connectivity index (χ4n) is 9.12. The average Bonchev–Trinajstić information content (AvgIpc) is 3.94. The molecule has 60 heavy (non-hydrogen) atoms. The number of carbonyl (C=O) groups excluding carboxylic acids is 3. The second-order valence-electron chi connectivity index (χ2n) is 17.4. The van der Waals surface area contributed by atoms with E-state index >= 15 is 0 Å². The third-order valence-electron chi connectivity index (χ3n) is 12.8. The van der Waals surface area contributed by atoms with Crippen LogP contribution in [0.3, 0.4) is 0 Å². The zero-order valence-corrected chi connectivity index (χ0v) is 39.0. The summed E-state index contributed by atoms with van der Waals surface area (Å²) < 4.78 is 11.0. The predicted octanol–water partition coefficient (Wildman–Crippen LogP) is 8.56. The number of carbonyl (C=O) groups is 3. The second kappa shape index (κ2) is 20.1. The number of hydrogen-bond acceptors (Lipinski definition) is 5. The number of ether oxygens (including phenoxy) is 2. The minimum absolute atomic E-state index is 0. The van der Waals surface area contributed by atoms with Crippen LogP contribution in [0.4, 0.5) is 0 Å². The van der Waals surface area contributed by atoms with E-state index in [1.165, 1.54) is 38.4 Å².